The molecule has 2 atom stereocenters. The minimum Gasteiger partial charge on any atom is -0.444 e. The second-order valence-corrected chi connectivity index (χ2v) is 10.6. The molecule has 7 nitrogen and oxygen atoms in total. The number of benzene rings is 1. The molecule has 0 spiro atoms. The number of alkyl carbamates (subject to hydrolysis) is 1. The summed E-state index contributed by atoms with van der Waals surface area (Å²) in [5, 5.41) is 5.69. The van der Waals surface area contributed by atoms with E-state index in [9.17, 15) is 14.4 Å². The fourth-order valence-corrected chi connectivity index (χ4v) is 4.06. The number of carbonyl (C=O) groups excluding carboxylic acids is 3. The smallest absolute Gasteiger partial charge is 0.408 e. The molecule has 0 fully saturated rings. The standard InChI is InChI=1S/C30H49N3O4/c1-8-11-13-14-16-21-33(28(35)23(4)32-29(36)37-30(5,6)7)26(27(34)31-20-15-12-9-2)25-19-17-18-24(10-3)22-25/h10,17-19,22-23,26H,3,8-9,11-16,20-21H2,1-2,4-7H3,(H,31,34)(H,32,36). The normalized spacial score (nSPS) is 12.8. The van der Waals surface area contributed by atoms with Crippen molar-refractivity contribution in [1.29, 1.82) is 0 Å². The topological polar surface area (TPSA) is 87.7 Å². The van der Waals surface area contributed by atoms with Crippen LogP contribution in [0.2, 0.25) is 0 Å². The summed E-state index contributed by atoms with van der Waals surface area (Å²) in [6.07, 6.45) is 9.07. The highest BCUT2D eigenvalue weighted by molar-refractivity contribution is 5.92. The molecule has 0 bridgehead atoms. The summed E-state index contributed by atoms with van der Waals surface area (Å²) in [5.74, 6) is -0.539. The van der Waals surface area contributed by atoms with Crippen LogP contribution < -0.4 is 10.6 Å². The van der Waals surface area contributed by atoms with Crippen molar-refractivity contribution in [3.05, 3.63) is 42.0 Å². The Bertz CT molecular complexity index is 863. The number of hydrogen-bond acceptors (Lipinski definition) is 4. The van der Waals surface area contributed by atoms with Gasteiger partial charge in [0, 0.05) is 13.1 Å². The average molecular weight is 516 g/mol. The molecule has 2 N–H and O–H groups in total. The summed E-state index contributed by atoms with van der Waals surface area (Å²) < 4.78 is 5.35. The Morgan fingerprint density at radius 3 is 2.30 bits per heavy atom. The van der Waals surface area contributed by atoms with Crippen LogP contribution in [0.3, 0.4) is 0 Å². The fourth-order valence-electron chi connectivity index (χ4n) is 4.06. The average Bonchev–Trinajstić information content (AvgIpc) is 2.84. The molecule has 0 aliphatic rings. The van der Waals surface area contributed by atoms with Crippen molar-refractivity contribution in [2.45, 2.75) is 111 Å². The number of rotatable bonds is 16. The first-order valence-corrected chi connectivity index (χ1v) is 13.8. The summed E-state index contributed by atoms with van der Waals surface area (Å²) in [6.45, 7) is 16.0. The Kier molecular flexibility index (Phi) is 14.6. The van der Waals surface area contributed by atoms with Gasteiger partial charge in [-0.1, -0.05) is 83.2 Å². The van der Waals surface area contributed by atoms with E-state index in [0.29, 0.717) is 13.1 Å². The molecule has 0 aliphatic heterocycles. The lowest BCUT2D eigenvalue weighted by atomic mass is 9.99. The molecule has 0 radical (unpaired) electrons. The van der Waals surface area contributed by atoms with Gasteiger partial charge in [-0.25, -0.2) is 4.79 Å². The van der Waals surface area contributed by atoms with E-state index >= 15 is 0 Å². The third-order valence-corrected chi connectivity index (χ3v) is 5.99. The predicted molar refractivity (Wildman–Crippen MR) is 151 cm³/mol. The molecule has 7 heteroatoms. The van der Waals surface area contributed by atoms with Gasteiger partial charge >= 0.3 is 6.09 Å². The maximum atomic E-state index is 13.8. The molecule has 2 unspecified atom stereocenters. The van der Waals surface area contributed by atoms with Crippen LogP contribution in [0.1, 0.15) is 110 Å². The van der Waals surface area contributed by atoms with Crippen molar-refractivity contribution >= 4 is 24.0 Å². The molecule has 0 saturated heterocycles. The first kappa shape index (κ1) is 32.2. The van der Waals surface area contributed by atoms with Crippen LogP contribution in [0.4, 0.5) is 4.79 Å². The molecule has 0 aliphatic carbocycles. The van der Waals surface area contributed by atoms with Gasteiger partial charge in [-0.3, -0.25) is 9.59 Å². The second kappa shape index (κ2) is 16.8. The molecular weight excluding hydrogens is 466 g/mol. The van der Waals surface area contributed by atoms with Crippen molar-refractivity contribution in [3.63, 3.8) is 0 Å². The number of nitrogens with zero attached hydrogens (tertiary/aromatic N) is 1. The van der Waals surface area contributed by atoms with E-state index in [-0.39, 0.29) is 11.8 Å². The Labute approximate surface area is 224 Å². The van der Waals surface area contributed by atoms with Crippen molar-refractivity contribution in [3.8, 4) is 0 Å². The minimum atomic E-state index is -0.858. The Balaban J connectivity index is 3.28. The summed E-state index contributed by atoms with van der Waals surface area (Å²) in [6, 6.07) is 5.87. The van der Waals surface area contributed by atoms with Gasteiger partial charge in [0.05, 0.1) is 0 Å². The molecule has 1 rings (SSSR count). The molecular formula is C30H49N3O4. The van der Waals surface area contributed by atoms with E-state index in [2.05, 4.69) is 31.1 Å². The lowest BCUT2D eigenvalue weighted by molar-refractivity contribution is -0.142. The summed E-state index contributed by atoms with van der Waals surface area (Å²) in [4.78, 5) is 41.4. The Morgan fingerprint density at radius 1 is 1.03 bits per heavy atom. The van der Waals surface area contributed by atoms with E-state index in [4.69, 9.17) is 4.74 Å². The number of hydrogen-bond donors (Lipinski definition) is 2. The van der Waals surface area contributed by atoms with E-state index in [1.165, 1.54) is 0 Å². The zero-order valence-electron chi connectivity index (χ0n) is 23.9. The molecule has 3 amide bonds. The predicted octanol–water partition coefficient (Wildman–Crippen LogP) is 6.39. The number of carbonyl (C=O) groups is 3. The largest absolute Gasteiger partial charge is 0.444 e. The maximum Gasteiger partial charge on any atom is 0.408 e. The number of ether oxygens (including phenoxy) is 1. The molecule has 0 aromatic heterocycles. The van der Waals surface area contributed by atoms with Gasteiger partial charge in [0.2, 0.25) is 11.8 Å². The monoisotopic (exact) mass is 515 g/mol. The first-order valence-electron chi connectivity index (χ1n) is 13.8. The Morgan fingerprint density at radius 2 is 1.68 bits per heavy atom. The van der Waals surface area contributed by atoms with E-state index in [1.54, 1.807) is 38.7 Å². The lowest BCUT2D eigenvalue weighted by Gasteiger charge is -2.34. The van der Waals surface area contributed by atoms with Crippen molar-refractivity contribution < 1.29 is 19.1 Å². The van der Waals surface area contributed by atoms with E-state index in [1.807, 2.05) is 24.3 Å². The lowest BCUT2D eigenvalue weighted by Crippen LogP contribution is -2.52. The molecule has 1 aromatic carbocycles. The third-order valence-electron chi connectivity index (χ3n) is 5.99. The molecule has 208 valence electrons. The molecule has 0 saturated carbocycles. The van der Waals surface area contributed by atoms with Crippen LogP contribution in [0.25, 0.3) is 6.08 Å². The second-order valence-electron chi connectivity index (χ2n) is 10.6. The van der Waals surface area contributed by atoms with Gasteiger partial charge in [0.15, 0.2) is 0 Å². The molecule has 0 heterocycles. The highest BCUT2D eigenvalue weighted by Gasteiger charge is 2.34. The van der Waals surface area contributed by atoms with Crippen LogP contribution in [0.5, 0.6) is 0 Å². The SMILES string of the molecule is C=Cc1cccc(C(C(=O)NCCCCC)N(CCCCCCC)C(=O)C(C)NC(=O)OC(C)(C)C)c1. The number of nitrogens with one attached hydrogen (secondary N) is 2. The van der Waals surface area contributed by atoms with Gasteiger partial charge in [-0.2, -0.15) is 0 Å². The van der Waals surface area contributed by atoms with Crippen molar-refractivity contribution in [2.24, 2.45) is 0 Å². The van der Waals surface area contributed by atoms with Crippen LogP contribution in [-0.2, 0) is 14.3 Å². The highest BCUT2D eigenvalue weighted by atomic mass is 16.6. The van der Waals surface area contributed by atoms with E-state index in [0.717, 1.165) is 62.5 Å². The van der Waals surface area contributed by atoms with Crippen molar-refractivity contribution in [2.75, 3.05) is 13.1 Å². The minimum absolute atomic E-state index is 0.219. The van der Waals surface area contributed by atoms with Gasteiger partial charge in [0.25, 0.3) is 0 Å². The summed E-state index contributed by atoms with van der Waals surface area (Å²) in [7, 11) is 0. The van der Waals surface area contributed by atoms with Crippen LogP contribution in [0.15, 0.2) is 30.8 Å². The van der Waals surface area contributed by atoms with Crippen LogP contribution in [0, 0.1) is 0 Å². The maximum absolute atomic E-state index is 13.8. The van der Waals surface area contributed by atoms with Gasteiger partial charge in [-0.15, -0.1) is 0 Å². The van der Waals surface area contributed by atoms with Crippen LogP contribution in [-0.4, -0.2) is 47.5 Å². The quantitative estimate of drug-likeness (QED) is 0.250. The number of amides is 3. The van der Waals surface area contributed by atoms with E-state index < -0.39 is 23.8 Å². The summed E-state index contributed by atoms with van der Waals surface area (Å²) >= 11 is 0. The van der Waals surface area contributed by atoms with Gasteiger partial charge in [0.1, 0.15) is 17.7 Å². The zero-order chi connectivity index (χ0) is 27.8. The first-order chi connectivity index (χ1) is 17.5. The third kappa shape index (κ3) is 12.3. The van der Waals surface area contributed by atoms with Crippen molar-refractivity contribution in [1.82, 2.24) is 15.5 Å². The van der Waals surface area contributed by atoms with Gasteiger partial charge in [-0.05, 0) is 57.7 Å². The zero-order valence-corrected chi connectivity index (χ0v) is 23.9. The fraction of sp³-hybridized carbons (Fsp3) is 0.633. The number of unbranched alkanes of at least 4 members (excludes halogenated alkanes) is 6. The highest BCUT2D eigenvalue weighted by Crippen LogP contribution is 2.25. The van der Waals surface area contributed by atoms with Crippen LogP contribution >= 0.6 is 0 Å². The Hall–Kier alpha value is -2.83. The molecule has 1 aromatic rings. The molecule has 37 heavy (non-hydrogen) atoms. The van der Waals surface area contributed by atoms with Gasteiger partial charge < -0.3 is 20.3 Å². The summed E-state index contributed by atoms with van der Waals surface area (Å²) in [5.41, 5.74) is 0.908.